The van der Waals surface area contributed by atoms with Crippen LogP contribution in [0.3, 0.4) is 0 Å². The summed E-state index contributed by atoms with van der Waals surface area (Å²) in [7, 11) is 0. The molecule has 7 nitrogen and oxygen atoms in total. The summed E-state index contributed by atoms with van der Waals surface area (Å²) in [6, 6.07) is 9.60. The number of ketones is 1. The van der Waals surface area contributed by atoms with Gasteiger partial charge in [0.05, 0.1) is 11.4 Å². The lowest BCUT2D eigenvalue weighted by Crippen LogP contribution is -2.05. The van der Waals surface area contributed by atoms with Crippen LogP contribution in [0.2, 0.25) is 0 Å². The lowest BCUT2D eigenvalue weighted by Gasteiger charge is -2.06. The molecule has 0 unspecified atom stereocenters. The van der Waals surface area contributed by atoms with E-state index in [1.54, 1.807) is 46.0 Å². The molecule has 1 aromatic carbocycles. The summed E-state index contributed by atoms with van der Waals surface area (Å²) in [6.45, 7) is 5.87. The smallest absolute Gasteiger partial charge is 0.164 e. The van der Waals surface area contributed by atoms with Crippen LogP contribution in [0.5, 0.6) is 0 Å². The Balaban J connectivity index is 1.63. The molecule has 0 aliphatic rings. The molecule has 0 saturated carbocycles. The summed E-state index contributed by atoms with van der Waals surface area (Å²) in [5.74, 6) is 0.715. The van der Waals surface area contributed by atoms with Crippen molar-refractivity contribution >= 4 is 5.78 Å². The largest absolute Gasteiger partial charge is 0.294 e. The van der Waals surface area contributed by atoms with Crippen LogP contribution in [0.15, 0.2) is 55.1 Å². The third kappa shape index (κ3) is 3.89. The molecule has 8 heteroatoms. The molecule has 0 amide bonds. The van der Waals surface area contributed by atoms with Crippen molar-refractivity contribution in [1.82, 2.24) is 29.5 Å². The van der Waals surface area contributed by atoms with Gasteiger partial charge in [0, 0.05) is 24.4 Å². The van der Waals surface area contributed by atoms with Gasteiger partial charge in [-0.2, -0.15) is 0 Å². The first-order chi connectivity index (χ1) is 14.4. The maximum atomic E-state index is 13.3. The average molecular weight is 404 g/mol. The number of halogens is 1. The molecule has 0 radical (unpaired) electrons. The molecule has 30 heavy (non-hydrogen) atoms. The summed E-state index contributed by atoms with van der Waals surface area (Å²) >= 11 is 0. The summed E-state index contributed by atoms with van der Waals surface area (Å²) in [6.07, 6.45) is 5.56. The number of hydrogen-bond donors (Lipinski definition) is 0. The van der Waals surface area contributed by atoms with E-state index in [1.807, 2.05) is 27.0 Å². The average Bonchev–Trinajstić information content (AvgIpc) is 3.35. The van der Waals surface area contributed by atoms with Crippen LogP contribution in [-0.2, 0) is 0 Å². The number of rotatable bonds is 6. The Morgan fingerprint density at radius 2 is 1.87 bits per heavy atom. The molecule has 3 aromatic heterocycles. The topological polar surface area (TPSA) is 78.5 Å². The van der Waals surface area contributed by atoms with Crippen LogP contribution in [0.1, 0.15) is 36.3 Å². The highest BCUT2D eigenvalue weighted by Crippen LogP contribution is 2.24. The van der Waals surface area contributed by atoms with E-state index in [9.17, 15) is 9.18 Å². The maximum absolute atomic E-state index is 13.3. The van der Waals surface area contributed by atoms with E-state index in [-0.39, 0.29) is 11.6 Å². The molecule has 4 aromatic rings. The predicted molar refractivity (Wildman–Crippen MR) is 110 cm³/mol. The summed E-state index contributed by atoms with van der Waals surface area (Å²) < 4.78 is 16.7. The third-order valence-electron chi connectivity index (χ3n) is 4.66. The second-order valence-corrected chi connectivity index (χ2v) is 7.50. The Morgan fingerprint density at radius 1 is 1.10 bits per heavy atom. The first kappa shape index (κ1) is 19.6. The summed E-state index contributed by atoms with van der Waals surface area (Å²) in [4.78, 5) is 21.1. The van der Waals surface area contributed by atoms with E-state index in [4.69, 9.17) is 0 Å². The van der Waals surface area contributed by atoms with Crippen molar-refractivity contribution in [2.24, 2.45) is 5.92 Å². The van der Waals surface area contributed by atoms with E-state index in [0.29, 0.717) is 46.5 Å². The van der Waals surface area contributed by atoms with Gasteiger partial charge in [-0.15, -0.1) is 5.10 Å². The highest BCUT2D eigenvalue weighted by atomic mass is 19.1. The van der Waals surface area contributed by atoms with Crippen molar-refractivity contribution in [3.8, 4) is 22.9 Å². The summed E-state index contributed by atoms with van der Waals surface area (Å²) in [5.41, 5.74) is 3.36. The Labute approximate surface area is 173 Å². The zero-order valence-electron chi connectivity index (χ0n) is 17.0. The van der Waals surface area contributed by atoms with Crippen molar-refractivity contribution in [3.63, 3.8) is 0 Å². The lowest BCUT2D eigenvalue weighted by molar-refractivity contribution is 0.0967. The van der Waals surface area contributed by atoms with Crippen LogP contribution in [0.25, 0.3) is 22.9 Å². The van der Waals surface area contributed by atoms with Crippen molar-refractivity contribution in [2.75, 3.05) is 0 Å². The van der Waals surface area contributed by atoms with Gasteiger partial charge in [0.1, 0.15) is 29.4 Å². The second kappa shape index (κ2) is 7.98. The van der Waals surface area contributed by atoms with E-state index < -0.39 is 0 Å². The number of Topliss-reactive ketones (excluding diaryl/α,β-unsaturated/α-hetero) is 1. The number of aryl methyl sites for hydroxylation is 1. The van der Waals surface area contributed by atoms with Gasteiger partial charge in [-0.25, -0.2) is 19.0 Å². The number of nitrogens with zero attached hydrogens (tertiary/aromatic N) is 6. The van der Waals surface area contributed by atoms with Gasteiger partial charge in [-0.05, 0) is 49.2 Å². The van der Waals surface area contributed by atoms with E-state index >= 15 is 0 Å². The molecule has 3 heterocycles. The van der Waals surface area contributed by atoms with Crippen LogP contribution >= 0.6 is 0 Å². The SMILES string of the molecule is Cc1nnn(-c2ccc(F)cc2)c1-c1cn(-c2ccc(C(=O)CC(C)C)cn2)cn1. The molecule has 0 aliphatic carbocycles. The molecule has 0 fully saturated rings. The standard InChI is InChI=1S/C22H21FN6O/c1-14(2)10-20(30)16-4-9-21(24-11-16)28-12-19(25-13-28)22-15(3)26-27-29(22)18-7-5-17(23)6-8-18/h4-9,11-14H,10H2,1-3H3. The third-order valence-corrected chi connectivity index (χ3v) is 4.66. The van der Waals surface area contributed by atoms with Gasteiger partial charge in [0.2, 0.25) is 0 Å². The number of pyridine rings is 1. The Kier molecular flexibility index (Phi) is 5.22. The number of aromatic nitrogens is 6. The van der Waals surface area contributed by atoms with Crippen LogP contribution in [0.4, 0.5) is 4.39 Å². The second-order valence-electron chi connectivity index (χ2n) is 7.50. The van der Waals surface area contributed by atoms with E-state index in [2.05, 4.69) is 20.3 Å². The number of hydrogen-bond acceptors (Lipinski definition) is 5. The number of carbonyl (C=O) groups excluding carboxylic acids is 1. The highest BCUT2D eigenvalue weighted by Gasteiger charge is 2.17. The Morgan fingerprint density at radius 3 is 2.53 bits per heavy atom. The quantitative estimate of drug-likeness (QED) is 0.450. The molecular formula is C22H21FN6O. The molecule has 0 saturated heterocycles. The maximum Gasteiger partial charge on any atom is 0.164 e. The number of imidazole rings is 1. The van der Waals surface area contributed by atoms with E-state index in [1.165, 1.54) is 12.1 Å². The zero-order chi connectivity index (χ0) is 21.3. The number of carbonyl (C=O) groups is 1. The summed E-state index contributed by atoms with van der Waals surface area (Å²) in [5, 5.41) is 8.32. The van der Waals surface area contributed by atoms with Crippen molar-refractivity contribution < 1.29 is 9.18 Å². The minimum absolute atomic E-state index is 0.0836. The first-order valence-corrected chi connectivity index (χ1v) is 9.64. The van der Waals surface area contributed by atoms with Crippen LogP contribution in [-0.4, -0.2) is 35.3 Å². The number of benzene rings is 1. The van der Waals surface area contributed by atoms with Crippen molar-refractivity contribution in [2.45, 2.75) is 27.2 Å². The first-order valence-electron chi connectivity index (χ1n) is 9.64. The molecule has 4 rings (SSSR count). The van der Waals surface area contributed by atoms with Crippen molar-refractivity contribution in [3.05, 3.63) is 72.2 Å². The molecule has 0 atom stereocenters. The molecular weight excluding hydrogens is 383 g/mol. The highest BCUT2D eigenvalue weighted by molar-refractivity contribution is 5.95. The minimum Gasteiger partial charge on any atom is -0.294 e. The minimum atomic E-state index is -0.317. The Hall–Kier alpha value is -3.68. The van der Waals surface area contributed by atoms with Gasteiger partial charge >= 0.3 is 0 Å². The molecule has 152 valence electrons. The van der Waals surface area contributed by atoms with Gasteiger partial charge in [-0.3, -0.25) is 9.36 Å². The normalized spacial score (nSPS) is 11.2. The van der Waals surface area contributed by atoms with Gasteiger partial charge in [0.25, 0.3) is 0 Å². The van der Waals surface area contributed by atoms with Crippen LogP contribution in [0, 0.1) is 18.7 Å². The molecule has 0 aliphatic heterocycles. The van der Waals surface area contributed by atoms with Gasteiger partial charge in [-0.1, -0.05) is 19.1 Å². The zero-order valence-corrected chi connectivity index (χ0v) is 17.0. The van der Waals surface area contributed by atoms with Gasteiger partial charge in [0.15, 0.2) is 5.78 Å². The molecule has 0 spiro atoms. The molecule has 0 N–H and O–H groups in total. The lowest BCUT2D eigenvalue weighted by atomic mass is 10.0. The van der Waals surface area contributed by atoms with E-state index in [0.717, 1.165) is 0 Å². The fourth-order valence-electron chi connectivity index (χ4n) is 3.18. The predicted octanol–water partition coefficient (Wildman–Crippen LogP) is 4.19. The van der Waals surface area contributed by atoms with Gasteiger partial charge < -0.3 is 0 Å². The fraction of sp³-hybridized carbons (Fsp3) is 0.227. The fourth-order valence-corrected chi connectivity index (χ4v) is 3.18. The monoisotopic (exact) mass is 404 g/mol. The molecule has 0 bridgehead atoms. The Bertz CT molecular complexity index is 1180. The van der Waals surface area contributed by atoms with Crippen molar-refractivity contribution in [1.29, 1.82) is 0 Å². The van der Waals surface area contributed by atoms with Crippen LogP contribution < -0.4 is 0 Å².